The van der Waals surface area contributed by atoms with Gasteiger partial charge in [0.25, 0.3) is 0 Å². The maximum absolute atomic E-state index is 13.5. The Bertz CT molecular complexity index is 552. The van der Waals surface area contributed by atoms with Gasteiger partial charge in [-0.15, -0.1) is 0 Å². The predicted octanol–water partition coefficient (Wildman–Crippen LogP) is 2.97. The van der Waals surface area contributed by atoms with Gasteiger partial charge in [-0.1, -0.05) is 0 Å². The van der Waals surface area contributed by atoms with E-state index in [-0.39, 0.29) is 24.4 Å². The molecule has 3 nitrogen and oxygen atoms in total. The summed E-state index contributed by atoms with van der Waals surface area (Å²) in [6, 6.07) is 5.55. The smallest absolute Gasteiger partial charge is 0.146 e. The standard InChI is InChI=1S/C13H13F2NO2/c1-8-4-12(15)13(5-11(8)14)16-6-9-2-3-10(7-17)18-9/h2-5,16-17H,6-7H2,1H3. The Kier molecular flexibility index (Phi) is 3.62. The van der Waals surface area contributed by atoms with E-state index in [1.54, 1.807) is 12.1 Å². The number of benzene rings is 1. The molecule has 2 aromatic rings. The summed E-state index contributed by atoms with van der Waals surface area (Å²) in [5, 5.41) is 11.6. The van der Waals surface area contributed by atoms with E-state index in [2.05, 4.69) is 5.32 Å². The molecule has 2 rings (SSSR count). The number of aryl methyl sites for hydroxylation is 1. The van der Waals surface area contributed by atoms with E-state index in [0.29, 0.717) is 11.5 Å². The normalized spacial score (nSPS) is 10.7. The lowest BCUT2D eigenvalue weighted by Gasteiger charge is -2.07. The first kappa shape index (κ1) is 12.6. The zero-order valence-corrected chi connectivity index (χ0v) is 9.84. The summed E-state index contributed by atoms with van der Waals surface area (Å²) in [7, 11) is 0. The molecule has 0 radical (unpaired) electrons. The zero-order valence-electron chi connectivity index (χ0n) is 9.84. The highest BCUT2D eigenvalue weighted by Gasteiger charge is 2.08. The molecule has 0 aliphatic rings. The van der Waals surface area contributed by atoms with Gasteiger partial charge in [-0.05, 0) is 30.7 Å². The van der Waals surface area contributed by atoms with Crippen molar-refractivity contribution in [3.8, 4) is 0 Å². The van der Waals surface area contributed by atoms with Gasteiger partial charge >= 0.3 is 0 Å². The molecule has 5 heteroatoms. The van der Waals surface area contributed by atoms with Crippen molar-refractivity contribution < 1.29 is 18.3 Å². The number of anilines is 1. The molecule has 0 aliphatic carbocycles. The lowest BCUT2D eigenvalue weighted by Crippen LogP contribution is -2.02. The molecule has 1 aromatic heterocycles. The van der Waals surface area contributed by atoms with E-state index in [4.69, 9.17) is 9.52 Å². The molecule has 0 unspecified atom stereocenters. The molecular weight excluding hydrogens is 240 g/mol. The number of furan rings is 1. The van der Waals surface area contributed by atoms with E-state index in [9.17, 15) is 8.78 Å². The van der Waals surface area contributed by atoms with Gasteiger partial charge in [-0.25, -0.2) is 8.78 Å². The van der Waals surface area contributed by atoms with Gasteiger partial charge in [0.2, 0.25) is 0 Å². The van der Waals surface area contributed by atoms with Crippen molar-refractivity contribution in [3.63, 3.8) is 0 Å². The Morgan fingerprint density at radius 1 is 1.17 bits per heavy atom. The maximum atomic E-state index is 13.5. The van der Waals surface area contributed by atoms with Gasteiger partial charge in [0, 0.05) is 6.07 Å². The summed E-state index contributed by atoms with van der Waals surface area (Å²) in [6.07, 6.45) is 0. The van der Waals surface area contributed by atoms with Crippen LogP contribution in [0.1, 0.15) is 17.1 Å². The Balaban J connectivity index is 2.08. The molecule has 0 amide bonds. The van der Waals surface area contributed by atoms with E-state index in [1.165, 1.54) is 6.92 Å². The molecule has 0 bridgehead atoms. The van der Waals surface area contributed by atoms with Crippen molar-refractivity contribution in [2.24, 2.45) is 0 Å². The average molecular weight is 253 g/mol. The molecule has 1 heterocycles. The fourth-order valence-corrected chi connectivity index (χ4v) is 1.57. The number of halogens is 2. The van der Waals surface area contributed by atoms with Gasteiger partial charge in [0.1, 0.15) is 29.8 Å². The number of nitrogens with one attached hydrogen (secondary N) is 1. The van der Waals surface area contributed by atoms with Gasteiger partial charge in [0.15, 0.2) is 0 Å². The van der Waals surface area contributed by atoms with Gasteiger partial charge < -0.3 is 14.8 Å². The number of hydrogen-bond acceptors (Lipinski definition) is 3. The van der Waals surface area contributed by atoms with Crippen LogP contribution >= 0.6 is 0 Å². The molecule has 0 aliphatic heterocycles. The van der Waals surface area contributed by atoms with Crippen LogP contribution in [0.5, 0.6) is 0 Å². The minimum absolute atomic E-state index is 0.0834. The van der Waals surface area contributed by atoms with E-state index < -0.39 is 11.6 Å². The SMILES string of the molecule is Cc1cc(F)c(NCc2ccc(CO)o2)cc1F. The minimum Gasteiger partial charge on any atom is -0.462 e. The van der Waals surface area contributed by atoms with Crippen LogP contribution in [-0.2, 0) is 13.2 Å². The van der Waals surface area contributed by atoms with Crippen molar-refractivity contribution in [2.45, 2.75) is 20.1 Å². The summed E-state index contributed by atoms with van der Waals surface area (Å²) in [4.78, 5) is 0. The van der Waals surface area contributed by atoms with Crippen LogP contribution < -0.4 is 5.32 Å². The van der Waals surface area contributed by atoms with Crippen LogP contribution in [0.25, 0.3) is 0 Å². The summed E-state index contributed by atoms with van der Waals surface area (Å²) in [5.74, 6) is -0.000906. The second-order valence-corrected chi connectivity index (χ2v) is 3.96. The molecule has 0 spiro atoms. The average Bonchev–Trinajstić information content (AvgIpc) is 2.80. The Morgan fingerprint density at radius 3 is 2.56 bits per heavy atom. The predicted molar refractivity (Wildman–Crippen MR) is 63.1 cm³/mol. The van der Waals surface area contributed by atoms with Crippen molar-refractivity contribution in [2.75, 3.05) is 5.32 Å². The molecule has 1 aromatic carbocycles. The molecule has 0 saturated carbocycles. The Labute approximate surface area is 103 Å². The number of aliphatic hydroxyl groups excluding tert-OH is 1. The van der Waals surface area contributed by atoms with Crippen LogP contribution in [0, 0.1) is 18.6 Å². The third-order valence-corrected chi connectivity index (χ3v) is 2.57. The van der Waals surface area contributed by atoms with Crippen LogP contribution in [0.2, 0.25) is 0 Å². The molecule has 0 saturated heterocycles. The summed E-state index contributed by atoms with van der Waals surface area (Å²) in [5.41, 5.74) is 0.346. The third-order valence-electron chi connectivity index (χ3n) is 2.57. The molecule has 0 atom stereocenters. The number of hydrogen-bond donors (Lipinski definition) is 2. The van der Waals surface area contributed by atoms with E-state index >= 15 is 0 Å². The second kappa shape index (κ2) is 5.18. The number of rotatable bonds is 4. The monoisotopic (exact) mass is 253 g/mol. The summed E-state index contributed by atoms with van der Waals surface area (Å²) in [6.45, 7) is 1.54. The van der Waals surface area contributed by atoms with Crippen LogP contribution in [0.3, 0.4) is 0 Å². The lowest BCUT2D eigenvalue weighted by atomic mass is 10.2. The topological polar surface area (TPSA) is 45.4 Å². The quantitative estimate of drug-likeness (QED) is 0.880. The molecule has 96 valence electrons. The van der Waals surface area contributed by atoms with Gasteiger partial charge in [0.05, 0.1) is 12.2 Å². The number of aliphatic hydroxyl groups is 1. The Morgan fingerprint density at radius 2 is 1.89 bits per heavy atom. The first-order valence-electron chi connectivity index (χ1n) is 5.48. The largest absolute Gasteiger partial charge is 0.462 e. The maximum Gasteiger partial charge on any atom is 0.146 e. The van der Waals surface area contributed by atoms with E-state index in [1.807, 2.05) is 0 Å². The van der Waals surface area contributed by atoms with Crippen LogP contribution in [0.15, 0.2) is 28.7 Å². The van der Waals surface area contributed by atoms with Crippen molar-refractivity contribution >= 4 is 5.69 Å². The third kappa shape index (κ3) is 2.68. The lowest BCUT2D eigenvalue weighted by molar-refractivity contribution is 0.244. The first-order valence-corrected chi connectivity index (χ1v) is 5.48. The minimum atomic E-state index is -0.511. The first-order chi connectivity index (χ1) is 8.60. The molecular formula is C13H13F2NO2. The Hall–Kier alpha value is -1.88. The fourth-order valence-electron chi connectivity index (χ4n) is 1.57. The van der Waals surface area contributed by atoms with Crippen molar-refractivity contribution in [1.82, 2.24) is 0 Å². The van der Waals surface area contributed by atoms with Crippen molar-refractivity contribution in [3.05, 3.63) is 53.0 Å². The highest BCUT2D eigenvalue weighted by molar-refractivity contribution is 5.47. The van der Waals surface area contributed by atoms with E-state index in [0.717, 1.165) is 12.1 Å². The highest BCUT2D eigenvalue weighted by Crippen LogP contribution is 2.20. The van der Waals surface area contributed by atoms with Gasteiger partial charge in [-0.3, -0.25) is 0 Å². The summed E-state index contributed by atoms with van der Waals surface area (Å²) >= 11 is 0. The second-order valence-electron chi connectivity index (χ2n) is 3.96. The molecule has 0 fully saturated rings. The van der Waals surface area contributed by atoms with Crippen LogP contribution in [0.4, 0.5) is 14.5 Å². The van der Waals surface area contributed by atoms with Crippen LogP contribution in [-0.4, -0.2) is 5.11 Å². The molecule has 2 N–H and O–H groups in total. The van der Waals surface area contributed by atoms with Gasteiger partial charge in [-0.2, -0.15) is 0 Å². The molecule has 18 heavy (non-hydrogen) atoms. The zero-order chi connectivity index (χ0) is 13.1. The highest BCUT2D eigenvalue weighted by atomic mass is 19.1. The summed E-state index contributed by atoms with van der Waals surface area (Å²) < 4.78 is 32.0. The van der Waals surface area contributed by atoms with Crippen molar-refractivity contribution in [1.29, 1.82) is 0 Å². The fraction of sp³-hybridized carbons (Fsp3) is 0.231.